The standard InChI is InChI=1S/C14H16N4O2/c1-20-9-6-13(17-7-9)14(19)18-12-3-5-16-11-2-4-15-8-10(11)12/h2-5,8-9,13,17H,6-7H2,1H3,(H,16,18,19)/t9-,13-/m0/s1. The number of hydrogen-bond donors (Lipinski definition) is 2. The van der Waals surface area contributed by atoms with Crippen LogP contribution < -0.4 is 10.6 Å². The fourth-order valence-electron chi connectivity index (χ4n) is 2.40. The van der Waals surface area contributed by atoms with E-state index in [1.807, 2.05) is 6.07 Å². The van der Waals surface area contributed by atoms with Gasteiger partial charge in [-0.1, -0.05) is 0 Å². The lowest BCUT2D eigenvalue weighted by Gasteiger charge is -2.12. The van der Waals surface area contributed by atoms with Crippen molar-refractivity contribution in [2.45, 2.75) is 18.6 Å². The van der Waals surface area contributed by atoms with Crippen LogP contribution in [0, 0.1) is 0 Å². The predicted octanol–water partition coefficient (Wildman–Crippen LogP) is 0.945. The minimum atomic E-state index is -0.222. The van der Waals surface area contributed by atoms with Gasteiger partial charge >= 0.3 is 0 Å². The van der Waals surface area contributed by atoms with Crippen molar-refractivity contribution >= 4 is 22.5 Å². The highest BCUT2D eigenvalue weighted by Gasteiger charge is 2.29. The van der Waals surface area contributed by atoms with Crippen molar-refractivity contribution in [1.82, 2.24) is 15.3 Å². The van der Waals surface area contributed by atoms with E-state index in [1.165, 1.54) is 0 Å². The molecule has 1 amide bonds. The van der Waals surface area contributed by atoms with E-state index in [0.717, 1.165) is 16.6 Å². The first-order valence-electron chi connectivity index (χ1n) is 6.53. The molecule has 2 N–H and O–H groups in total. The number of rotatable bonds is 3. The van der Waals surface area contributed by atoms with Crippen LogP contribution in [0.4, 0.5) is 5.69 Å². The Kier molecular flexibility index (Phi) is 3.58. The molecule has 0 radical (unpaired) electrons. The summed E-state index contributed by atoms with van der Waals surface area (Å²) in [5, 5.41) is 6.93. The van der Waals surface area contributed by atoms with Gasteiger partial charge in [-0.25, -0.2) is 0 Å². The molecule has 0 aliphatic carbocycles. The maximum Gasteiger partial charge on any atom is 0.241 e. The van der Waals surface area contributed by atoms with E-state index >= 15 is 0 Å². The average molecular weight is 272 g/mol. The van der Waals surface area contributed by atoms with Gasteiger partial charge in [-0.3, -0.25) is 14.8 Å². The van der Waals surface area contributed by atoms with Crippen molar-refractivity contribution in [2.24, 2.45) is 0 Å². The Balaban J connectivity index is 1.78. The van der Waals surface area contributed by atoms with Crippen LogP contribution in [-0.4, -0.2) is 41.7 Å². The van der Waals surface area contributed by atoms with Crippen molar-refractivity contribution in [3.8, 4) is 0 Å². The third-order valence-electron chi connectivity index (χ3n) is 3.54. The Morgan fingerprint density at radius 1 is 1.45 bits per heavy atom. The molecule has 1 fully saturated rings. The lowest BCUT2D eigenvalue weighted by Crippen LogP contribution is -2.35. The molecule has 1 saturated heterocycles. The highest BCUT2D eigenvalue weighted by atomic mass is 16.5. The van der Waals surface area contributed by atoms with Gasteiger partial charge in [0.1, 0.15) is 0 Å². The molecule has 2 atom stereocenters. The summed E-state index contributed by atoms with van der Waals surface area (Å²) in [6.07, 6.45) is 5.85. The molecule has 2 aromatic heterocycles. The molecular weight excluding hydrogens is 256 g/mol. The molecule has 3 rings (SSSR count). The molecule has 1 aliphatic rings. The number of fused-ring (bicyclic) bond motifs is 1. The third-order valence-corrected chi connectivity index (χ3v) is 3.54. The zero-order chi connectivity index (χ0) is 13.9. The van der Waals surface area contributed by atoms with Gasteiger partial charge < -0.3 is 15.4 Å². The van der Waals surface area contributed by atoms with Gasteiger partial charge in [-0.15, -0.1) is 0 Å². The number of amides is 1. The quantitative estimate of drug-likeness (QED) is 0.870. The number of carbonyl (C=O) groups is 1. The van der Waals surface area contributed by atoms with Crippen molar-refractivity contribution in [2.75, 3.05) is 19.0 Å². The van der Waals surface area contributed by atoms with Gasteiger partial charge in [0.2, 0.25) is 5.91 Å². The first kappa shape index (κ1) is 13.0. The second-order valence-corrected chi connectivity index (χ2v) is 4.79. The maximum absolute atomic E-state index is 12.2. The molecule has 0 unspecified atom stereocenters. The van der Waals surface area contributed by atoms with Gasteiger partial charge in [0, 0.05) is 37.6 Å². The summed E-state index contributed by atoms with van der Waals surface area (Å²) in [6.45, 7) is 0.702. The van der Waals surface area contributed by atoms with Gasteiger partial charge in [-0.2, -0.15) is 0 Å². The molecule has 0 spiro atoms. The Bertz CT molecular complexity index is 626. The fraction of sp³-hybridized carbons (Fsp3) is 0.357. The van der Waals surface area contributed by atoms with E-state index in [1.54, 1.807) is 31.8 Å². The van der Waals surface area contributed by atoms with Crippen LogP contribution in [0.5, 0.6) is 0 Å². The number of pyridine rings is 2. The van der Waals surface area contributed by atoms with Gasteiger partial charge in [0.15, 0.2) is 0 Å². The van der Waals surface area contributed by atoms with E-state index < -0.39 is 0 Å². The predicted molar refractivity (Wildman–Crippen MR) is 75.4 cm³/mol. The fourth-order valence-corrected chi connectivity index (χ4v) is 2.40. The summed E-state index contributed by atoms with van der Waals surface area (Å²) in [5.41, 5.74) is 1.54. The summed E-state index contributed by atoms with van der Waals surface area (Å²) in [4.78, 5) is 20.6. The molecule has 0 aromatic carbocycles. The summed E-state index contributed by atoms with van der Waals surface area (Å²) >= 11 is 0. The molecule has 1 aliphatic heterocycles. The molecule has 6 heteroatoms. The molecule has 2 aromatic rings. The maximum atomic E-state index is 12.2. The number of aromatic nitrogens is 2. The van der Waals surface area contributed by atoms with E-state index in [9.17, 15) is 4.79 Å². The van der Waals surface area contributed by atoms with E-state index in [-0.39, 0.29) is 18.1 Å². The largest absolute Gasteiger partial charge is 0.380 e. The lowest BCUT2D eigenvalue weighted by molar-refractivity contribution is -0.117. The normalized spacial score (nSPS) is 22.1. The average Bonchev–Trinajstić information content (AvgIpc) is 2.97. The van der Waals surface area contributed by atoms with Crippen LogP contribution in [0.2, 0.25) is 0 Å². The van der Waals surface area contributed by atoms with Crippen LogP contribution in [0.25, 0.3) is 10.9 Å². The van der Waals surface area contributed by atoms with E-state index in [0.29, 0.717) is 13.0 Å². The molecule has 6 nitrogen and oxygen atoms in total. The topological polar surface area (TPSA) is 76.1 Å². The minimum absolute atomic E-state index is 0.0547. The van der Waals surface area contributed by atoms with Crippen LogP contribution >= 0.6 is 0 Å². The SMILES string of the molecule is CO[C@@H]1CN[C@H](C(=O)Nc2ccnc3ccncc23)C1. The van der Waals surface area contributed by atoms with E-state index in [2.05, 4.69) is 20.6 Å². The Labute approximate surface area is 116 Å². The number of nitrogens with zero attached hydrogens (tertiary/aromatic N) is 2. The number of carbonyl (C=O) groups excluding carboxylic acids is 1. The highest BCUT2D eigenvalue weighted by Crippen LogP contribution is 2.21. The van der Waals surface area contributed by atoms with Gasteiger partial charge in [0.05, 0.1) is 23.3 Å². The van der Waals surface area contributed by atoms with Crippen LogP contribution in [0.15, 0.2) is 30.7 Å². The summed E-state index contributed by atoms with van der Waals surface area (Å²) in [7, 11) is 1.66. The minimum Gasteiger partial charge on any atom is -0.380 e. The number of anilines is 1. The number of hydrogen-bond acceptors (Lipinski definition) is 5. The summed E-state index contributed by atoms with van der Waals surface area (Å²) in [6, 6.07) is 3.38. The first-order chi connectivity index (χ1) is 9.78. The van der Waals surface area contributed by atoms with E-state index in [4.69, 9.17) is 4.74 Å². The zero-order valence-corrected chi connectivity index (χ0v) is 11.2. The zero-order valence-electron chi connectivity index (χ0n) is 11.2. The van der Waals surface area contributed by atoms with Crippen molar-refractivity contribution in [1.29, 1.82) is 0 Å². The van der Waals surface area contributed by atoms with Crippen LogP contribution in [0.1, 0.15) is 6.42 Å². The van der Waals surface area contributed by atoms with Crippen LogP contribution in [0.3, 0.4) is 0 Å². The lowest BCUT2D eigenvalue weighted by atomic mass is 10.1. The van der Waals surface area contributed by atoms with Crippen molar-refractivity contribution in [3.63, 3.8) is 0 Å². The highest BCUT2D eigenvalue weighted by molar-refractivity contribution is 6.02. The Morgan fingerprint density at radius 3 is 3.15 bits per heavy atom. The van der Waals surface area contributed by atoms with Gasteiger partial charge in [-0.05, 0) is 18.6 Å². The van der Waals surface area contributed by atoms with Crippen molar-refractivity contribution < 1.29 is 9.53 Å². The molecular formula is C14H16N4O2. The smallest absolute Gasteiger partial charge is 0.241 e. The second kappa shape index (κ2) is 5.52. The molecule has 104 valence electrons. The molecule has 3 heterocycles. The van der Waals surface area contributed by atoms with Crippen LogP contribution in [-0.2, 0) is 9.53 Å². The molecule has 0 bridgehead atoms. The number of methoxy groups -OCH3 is 1. The number of nitrogens with one attached hydrogen (secondary N) is 2. The Morgan fingerprint density at radius 2 is 2.35 bits per heavy atom. The molecule has 0 saturated carbocycles. The summed E-state index contributed by atoms with van der Waals surface area (Å²) < 4.78 is 5.25. The summed E-state index contributed by atoms with van der Waals surface area (Å²) in [5.74, 6) is -0.0547. The third kappa shape index (κ3) is 2.48. The Hall–Kier alpha value is -2.05. The number of ether oxygens (including phenoxy) is 1. The van der Waals surface area contributed by atoms with Gasteiger partial charge in [0.25, 0.3) is 0 Å². The first-order valence-corrected chi connectivity index (χ1v) is 6.53. The van der Waals surface area contributed by atoms with Crippen molar-refractivity contribution in [3.05, 3.63) is 30.7 Å². The monoisotopic (exact) mass is 272 g/mol. The molecule has 20 heavy (non-hydrogen) atoms. The second-order valence-electron chi connectivity index (χ2n) is 4.79.